The van der Waals surface area contributed by atoms with Crippen LogP contribution in [0.3, 0.4) is 0 Å². The van der Waals surface area contributed by atoms with Crippen LogP contribution in [0.25, 0.3) is 0 Å². The van der Waals surface area contributed by atoms with E-state index in [1.165, 1.54) is 17.6 Å². The summed E-state index contributed by atoms with van der Waals surface area (Å²) in [5.74, 6) is 0.0718. The number of carbonyl (C=O) groups excluding carboxylic acids is 1. The van der Waals surface area contributed by atoms with Crippen LogP contribution in [0, 0.1) is 0 Å². The summed E-state index contributed by atoms with van der Waals surface area (Å²) in [5, 5.41) is 3.31. The number of sulfone groups is 1. The second-order valence-electron chi connectivity index (χ2n) is 6.38. The van der Waals surface area contributed by atoms with Crippen molar-refractivity contribution in [2.75, 3.05) is 42.7 Å². The van der Waals surface area contributed by atoms with E-state index in [9.17, 15) is 13.2 Å². The number of piperazine rings is 1. The molecule has 1 aliphatic heterocycles. The number of nitrogens with zero attached hydrogens (tertiary/aromatic N) is 3. The Bertz CT molecular complexity index is 937. The second-order valence-corrected chi connectivity index (χ2v) is 10.1. The lowest BCUT2D eigenvalue weighted by molar-refractivity contribution is -0.129. The van der Waals surface area contributed by atoms with E-state index in [0.717, 1.165) is 16.3 Å². The molecule has 0 radical (unpaired) electrons. The van der Waals surface area contributed by atoms with Crippen molar-refractivity contribution in [1.29, 1.82) is 0 Å². The standard InChI is InChI=1S/C17H21ClN4O3S2/c1-12(23)21-5-7-22(8-6-21)16-4-3-14(27(2,24)25)9-15(16)19-10-13-11-20-17(18)26-13/h3-4,9,11,19H,5-8,10H2,1-2H3. The van der Waals surface area contributed by atoms with Gasteiger partial charge in [0.15, 0.2) is 14.3 Å². The van der Waals surface area contributed by atoms with E-state index in [1.807, 2.05) is 11.0 Å². The minimum absolute atomic E-state index is 0.0718. The highest BCUT2D eigenvalue weighted by atomic mass is 35.5. The van der Waals surface area contributed by atoms with E-state index in [0.29, 0.717) is 37.2 Å². The molecule has 3 rings (SSSR count). The molecule has 27 heavy (non-hydrogen) atoms. The van der Waals surface area contributed by atoms with Crippen LogP contribution in [0.1, 0.15) is 11.8 Å². The summed E-state index contributed by atoms with van der Waals surface area (Å²) in [6.07, 6.45) is 2.89. The normalized spacial score (nSPS) is 15.1. The number of hydrogen-bond acceptors (Lipinski definition) is 7. The third-order valence-corrected chi connectivity index (χ3v) is 6.67. The van der Waals surface area contributed by atoms with Crippen LogP contribution in [0.4, 0.5) is 11.4 Å². The summed E-state index contributed by atoms with van der Waals surface area (Å²) in [4.78, 5) is 20.8. The molecule has 2 aromatic rings. The van der Waals surface area contributed by atoms with Crippen molar-refractivity contribution in [3.05, 3.63) is 33.7 Å². The lowest BCUT2D eigenvalue weighted by atomic mass is 10.2. The van der Waals surface area contributed by atoms with E-state index in [1.54, 1.807) is 25.3 Å². The van der Waals surface area contributed by atoms with Gasteiger partial charge in [-0.1, -0.05) is 11.6 Å². The zero-order chi connectivity index (χ0) is 19.6. The molecular formula is C17H21ClN4O3S2. The molecule has 1 aromatic carbocycles. The smallest absolute Gasteiger partial charge is 0.219 e. The summed E-state index contributed by atoms with van der Waals surface area (Å²) >= 11 is 7.26. The molecular weight excluding hydrogens is 408 g/mol. The molecule has 0 unspecified atom stereocenters. The van der Waals surface area contributed by atoms with E-state index in [2.05, 4.69) is 15.2 Å². The van der Waals surface area contributed by atoms with Crippen LogP contribution < -0.4 is 10.2 Å². The molecule has 0 bridgehead atoms. The number of amides is 1. The third-order valence-electron chi connectivity index (χ3n) is 4.44. The molecule has 1 aromatic heterocycles. The molecule has 1 N–H and O–H groups in total. The van der Waals surface area contributed by atoms with Crippen molar-refractivity contribution in [2.45, 2.75) is 18.4 Å². The van der Waals surface area contributed by atoms with Crippen LogP contribution in [0.2, 0.25) is 4.47 Å². The Hall–Kier alpha value is -1.84. The van der Waals surface area contributed by atoms with Gasteiger partial charge in [-0.2, -0.15) is 0 Å². The Balaban J connectivity index is 1.84. The van der Waals surface area contributed by atoms with Gasteiger partial charge in [-0.15, -0.1) is 11.3 Å². The predicted molar refractivity (Wildman–Crippen MR) is 108 cm³/mol. The van der Waals surface area contributed by atoms with Crippen LogP contribution in [-0.4, -0.2) is 56.6 Å². The molecule has 1 fully saturated rings. The minimum Gasteiger partial charge on any atom is -0.378 e. The lowest BCUT2D eigenvalue weighted by Gasteiger charge is -2.36. The monoisotopic (exact) mass is 428 g/mol. The molecule has 1 amide bonds. The maximum Gasteiger partial charge on any atom is 0.219 e. The molecule has 2 heterocycles. The van der Waals surface area contributed by atoms with Gasteiger partial charge in [-0.25, -0.2) is 13.4 Å². The van der Waals surface area contributed by atoms with Gasteiger partial charge in [0, 0.05) is 50.4 Å². The SMILES string of the molecule is CC(=O)N1CCN(c2ccc(S(C)(=O)=O)cc2NCc2cnc(Cl)s2)CC1. The van der Waals surface area contributed by atoms with E-state index in [4.69, 9.17) is 11.6 Å². The first-order chi connectivity index (χ1) is 12.7. The molecule has 0 spiro atoms. The van der Waals surface area contributed by atoms with Gasteiger partial charge in [0.25, 0.3) is 0 Å². The zero-order valence-electron chi connectivity index (χ0n) is 15.1. The minimum atomic E-state index is -3.31. The molecule has 0 saturated carbocycles. The summed E-state index contributed by atoms with van der Waals surface area (Å²) in [7, 11) is -3.31. The fourth-order valence-corrected chi connectivity index (χ4v) is 4.54. The summed E-state index contributed by atoms with van der Waals surface area (Å²) in [6, 6.07) is 5.10. The highest BCUT2D eigenvalue weighted by Gasteiger charge is 2.22. The zero-order valence-corrected chi connectivity index (χ0v) is 17.5. The van der Waals surface area contributed by atoms with E-state index < -0.39 is 9.84 Å². The largest absolute Gasteiger partial charge is 0.378 e. The van der Waals surface area contributed by atoms with Gasteiger partial charge in [-0.3, -0.25) is 4.79 Å². The maximum atomic E-state index is 12.0. The highest BCUT2D eigenvalue weighted by molar-refractivity contribution is 7.90. The number of halogens is 1. The van der Waals surface area contributed by atoms with Crippen molar-refractivity contribution in [2.24, 2.45) is 0 Å². The summed E-state index contributed by atoms with van der Waals surface area (Å²) in [6.45, 7) is 4.75. The Morgan fingerprint density at radius 1 is 1.30 bits per heavy atom. The number of nitrogens with one attached hydrogen (secondary N) is 1. The fourth-order valence-electron chi connectivity index (χ4n) is 2.97. The molecule has 146 valence electrons. The molecule has 0 atom stereocenters. The summed E-state index contributed by atoms with van der Waals surface area (Å²) < 4.78 is 24.4. The van der Waals surface area contributed by atoms with Crippen molar-refractivity contribution < 1.29 is 13.2 Å². The number of thiazole rings is 1. The van der Waals surface area contributed by atoms with Crippen molar-refractivity contribution in [3.8, 4) is 0 Å². The fraction of sp³-hybridized carbons (Fsp3) is 0.412. The Kier molecular flexibility index (Phi) is 5.92. The second kappa shape index (κ2) is 8.04. The molecule has 1 aliphatic rings. The van der Waals surface area contributed by atoms with Gasteiger partial charge >= 0.3 is 0 Å². The molecule has 7 nitrogen and oxygen atoms in total. The van der Waals surface area contributed by atoms with Crippen LogP contribution in [-0.2, 0) is 21.2 Å². The number of hydrogen-bond donors (Lipinski definition) is 1. The average molecular weight is 429 g/mol. The van der Waals surface area contributed by atoms with E-state index >= 15 is 0 Å². The number of carbonyl (C=O) groups is 1. The van der Waals surface area contributed by atoms with E-state index in [-0.39, 0.29) is 10.8 Å². The Morgan fingerprint density at radius 3 is 2.56 bits per heavy atom. The molecule has 1 saturated heterocycles. The summed E-state index contributed by atoms with van der Waals surface area (Å²) in [5.41, 5.74) is 1.65. The van der Waals surface area contributed by atoms with Crippen molar-refractivity contribution >= 4 is 50.1 Å². The topological polar surface area (TPSA) is 82.6 Å². The van der Waals surface area contributed by atoms with Gasteiger partial charge in [-0.05, 0) is 18.2 Å². The third kappa shape index (κ3) is 4.91. The van der Waals surface area contributed by atoms with Crippen molar-refractivity contribution in [1.82, 2.24) is 9.88 Å². The van der Waals surface area contributed by atoms with Crippen molar-refractivity contribution in [3.63, 3.8) is 0 Å². The highest BCUT2D eigenvalue weighted by Crippen LogP contribution is 2.31. The molecule has 0 aliphatic carbocycles. The van der Waals surface area contributed by atoms with Crippen LogP contribution >= 0.6 is 22.9 Å². The maximum absolute atomic E-state index is 12.0. The van der Waals surface area contributed by atoms with Crippen LogP contribution in [0.15, 0.2) is 29.3 Å². The average Bonchev–Trinajstić information content (AvgIpc) is 3.04. The number of aromatic nitrogens is 1. The quantitative estimate of drug-likeness (QED) is 0.787. The molecule has 10 heteroatoms. The van der Waals surface area contributed by atoms with Gasteiger partial charge < -0.3 is 15.1 Å². The number of benzene rings is 1. The Labute approximate surface area is 167 Å². The first-order valence-corrected chi connectivity index (χ1v) is 11.5. The van der Waals surface area contributed by atoms with Gasteiger partial charge in [0.1, 0.15) is 0 Å². The van der Waals surface area contributed by atoms with Crippen LogP contribution in [0.5, 0.6) is 0 Å². The number of anilines is 2. The number of rotatable bonds is 5. The Morgan fingerprint density at radius 2 is 2.00 bits per heavy atom. The van der Waals surface area contributed by atoms with Gasteiger partial charge in [0.2, 0.25) is 5.91 Å². The van der Waals surface area contributed by atoms with Gasteiger partial charge in [0.05, 0.1) is 22.8 Å². The lowest BCUT2D eigenvalue weighted by Crippen LogP contribution is -2.48. The first kappa shape index (κ1) is 19.9. The first-order valence-electron chi connectivity index (χ1n) is 8.42. The predicted octanol–water partition coefficient (Wildman–Crippen LogP) is 2.48.